The highest BCUT2D eigenvalue weighted by Crippen LogP contribution is 2.52. The third-order valence-corrected chi connectivity index (χ3v) is 6.07. The van der Waals surface area contributed by atoms with Crippen LogP contribution in [0.25, 0.3) is 0 Å². The number of hydrogen-bond donors (Lipinski definition) is 0. The number of carbonyl (C=O) groups is 1. The van der Waals surface area contributed by atoms with Gasteiger partial charge in [0, 0.05) is 5.92 Å². The molecule has 0 spiro atoms. The Kier molecular flexibility index (Phi) is 3.15. The van der Waals surface area contributed by atoms with E-state index < -0.39 is 0 Å². The third kappa shape index (κ3) is 1.98. The average molecular weight is 250 g/mol. The van der Waals surface area contributed by atoms with Crippen molar-refractivity contribution < 1.29 is 9.53 Å². The molecule has 0 aromatic rings. The zero-order valence-electron chi connectivity index (χ0n) is 11.8. The summed E-state index contributed by atoms with van der Waals surface area (Å²) >= 11 is 0. The molecule has 3 fully saturated rings. The first-order valence-electron chi connectivity index (χ1n) is 7.81. The second-order valence-corrected chi connectivity index (χ2v) is 7.16. The van der Waals surface area contributed by atoms with Crippen LogP contribution in [0.5, 0.6) is 0 Å². The molecular weight excluding hydrogens is 224 g/mol. The molecule has 3 aliphatic rings. The van der Waals surface area contributed by atoms with Crippen molar-refractivity contribution in [2.75, 3.05) is 0 Å². The van der Waals surface area contributed by atoms with E-state index in [2.05, 4.69) is 13.8 Å². The number of rotatable bonds is 1. The SMILES string of the molecule is C[C@H]1C(=O)O[C@@H]2CC(C)(C3CCCCC3)CCC21. The standard InChI is InChI=1S/C16H26O2/c1-11-13-8-9-16(2,10-14(13)18-15(11)17)12-6-4-3-5-7-12/h11-14H,3-10H2,1-2H3/t11-,13?,14-,16?/m1/s1. The number of carbonyl (C=O) groups excluding carboxylic acids is 1. The fourth-order valence-corrected chi connectivity index (χ4v) is 4.70. The highest BCUT2D eigenvalue weighted by atomic mass is 16.6. The zero-order valence-corrected chi connectivity index (χ0v) is 11.8. The molecule has 2 heteroatoms. The summed E-state index contributed by atoms with van der Waals surface area (Å²) in [6, 6.07) is 0. The van der Waals surface area contributed by atoms with Gasteiger partial charge in [0.15, 0.2) is 0 Å². The molecule has 0 radical (unpaired) electrons. The number of esters is 1. The van der Waals surface area contributed by atoms with Gasteiger partial charge < -0.3 is 4.74 Å². The molecule has 0 aromatic carbocycles. The molecule has 4 atom stereocenters. The van der Waals surface area contributed by atoms with Gasteiger partial charge in [-0.3, -0.25) is 4.79 Å². The maximum Gasteiger partial charge on any atom is 0.309 e. The largest absolute Gasteiger partial charge is 0.462 e. The smallest absolute Gasteiger partial charge is 0.309 e. The van der Waals surface area contributed by atoms with Crippen LogP contribution in [0.4, 0.5) is 0 Å². The lowest BCUT2D eigenvalue weighted by molar-refractivity contribution is -0.145. The fraction of sp³-hybridized carbons (Fsp3) is 0.938. The molecule has 2 saturated carbocycles. The normalized spacial score (nSPS) is 45.7. The van der Waals surface area contributed by atoms with E-state index in [0.29, 0.717) is 11.3 Å². The first kappa shape index (κ1) is 12.5. The molecule has 1 aliphatic heterocycles. The van der Waals surface area contributed by atoms with Crippen LogP contribution in [0.2, 0.25) is 0 Å². The van der Waals surface area contributed by atoms with Gasteiger partial charge in [0.1, 0.15) is 6.10 Å². The molecule has 2 unspecified atom stereocenters. The Bertz CT molecular complexity index is 332. The average Bonchev–Trinajstić information content (AvgIpc) is 2.65. The van der Waals surface area contributed by atoms with E-state index in [1.807, 2.05) is 0 Å². The van der Waals surface area contributed by atoms with Crippen molar-refractivity contribution in [2.24, 2.45) is 23.2 Å². The molecule has 2 aliphatic carbocycles. The summed E-state index contributed by atoms with van der Waals surface area (Å²) in [5, 5.41) is 0. The Balaban J connectivity index is 1.71. The zero-order chi connectivity index (χ0) is 12.8. The third-order valence-electron chi connectivity index (χ3n) is 6.07. The van der Waals surface area contributed by atoms with E-state index in [9.17, 15) is 4.79 Å². The summed E-state index contributed by atoms with van der Waals surface area (Å²) in [7, 11) is 0. The molecule has 0 amide bonds. The van der Waals surface area contributed by atoms with Crippen LogP contribution in [0.3, 0.4) is 0 Å². The van der Waals surface area contributed by atoms with Gasteiger partial charge in [-0.05, 0) is 43.4 Å². The molecule has 0 bridgehead atoms. The van der Waals surface area contributed by atoms with Crippen molar-refractivity contribution in [1.29, 1.82) is 0 Å². The molecule has 3 rings (SSSR count). The lowest BCUT2D eigenvalue weighted by Crippen LogP contribution is -2.40. The Morgan fingerprint density at radius 1 is 1.17 bits per heavy atom. The summed E-state index contributed by atoms with van der Waals surface area (Å²) in [5.41, 5.74) is 0.436. The number of hydrogen-bond acceptors (Lipinski definition) is 2. The molecule has 1 saturated heterocycles. The van der Waals surface area contributed by atoms with E-state index >= 15 is 0 Å². The van der Waals surface area contributed by atoms with Gasteiger partial charge in [-0.1, -0.05) is 33.1 Å². The maximum absolute atomic E-state index is 11.7. The fourth-order valence-electron chi connectivity index (χ4n) is 4.70. The van der Waals surface area contributed by atoms with Crippen molar-refractivity contribution in [2.45, 2.75) is 71.3 Å². The molecular formula is C16H26O2. The Labute approximate surface area is 110 Å². The first-order chi connectivity index (χ1) is 8.60. The predicted octanol–water partition coefficient (Wildman–Crippen LogP) is 3.93. The molecule has 18 heavy (non-hydrogen) atoms. The minimum atomic E-state index is 0.0536. The van der Waals surface area contributed by atoms with Crippen molar-refractivity contribution in [3.05, 3.63) is 0 Å². The highest BCUT2D eigenvalue weighted by molar-refractivity contribution is 5.74. The van der Waals surface area contributed by atoms with E-state index in [1.54, 1.807) is 0 Å². The Morgan fingerprint density at radius 2 is 1.89 bits per heavy atom. The van der Waals surface area contributed by atoms with Crippen molar-refractivity contribution >= 4 is 5.97 Å². The Hall–Kier alpha value is -0.530. The van der Waals surface area contributed by atoms with Crippen LogP contribution in [0, 0.1) is 23.2 Å². The molecule has 1 heterocycles. The number of fused-ring (bicyclic) bond motifs is 1. The predicted molar refractivity (Wildman–Crippen MR) is 71.1 cm³/mol. The summed E-state index contributed by atoms with van der Waals surface area (Å²) in [6.07, 6.45) is 10.9. The van der Waals surface area contributed by atoms with Crippen molar-refractivity contribution in [1.82, 2.24) is 0 Å². The summed E-state index contributed by atoms with van der Waals surface area (Å²) in [5.74, 6) is 1.58. The first-order valence-corrected chi connectivity index (χ1v) is 7.81. The van der Waals surface area contributed by atoms with Crippen LogP contribution in [-0.2, 0) is 9.53 Å². The maximum atomic E-state index is 11.7. The van der Waals surface area contributed by atoms with E-state index in [1.165, 1.54) is 44.9 Å². The van der Waals surface area contributed by atoms with Gasteiger partial charge in [-0.15, -0.1) is 0 Å². The van der Waals surface area contributed by atoms with E-state index in [4.69, 9.17) is 4.74 Å². The minimum Gasteiger partial charge on any atom is -0.462 e. The second kappa shape index (κ2) is 4.54. The molecule has 0 N–H and O–H groups in total. The minimum absolute atomic E-state index is 0.0536. The van der Waals surface area contributed by atoms with E-state index in [-0.39, 0.29) is 18.0 Å². The lowest BCUT2D eigenvalue weighted by Gasteiger charge is -2.46. The summed E-state index contributed by atoms with van der Waals surface area (Å²) in [6.45, 7) is 4.51. The molecule has 102 valence electrons. The van der Waals surface area contributed by atoms with Crippen molar-refractivity contribution in [3.8, 4) is 0 Å². The van der Waals surface area contributed by atoms with Crippen LogP contribution in [0.15, 0.2) is 0 Å². The van der Waals surface area contributed by atoms with Gasteiger partial charge >= 0.3 is 5.97 Å². The molecule has 2 nitrogen and oxygen atoms in total. The topological polar surface area (TPSA) is 26.3 Å². The highest BCUT2D eigenvalue weighted by Gasteiger charge is 2.50. The van der Waals surface area contributed by atoms with Crippen LogP contribution >= 0.6 is 0 Å². The van der Waals surface area contributed by atoms with Crippen LogP contribution in [-0.4, -0.2) is 12.1 Å². The quantitative estimate of drug-likeness (QED) is 0.659. The number of ether oxygens (including phenoxy) is 1. The molecule has 0 aromatic heterocycles. The van der Waals surface area contributed by atoms with Gasteiger partial charge in [0.25, 0.3) is 0 Å². The van der Waals surface area contributed by atoms with Crippen molar-refractivity contribution in [3.63, 3.8) is 0 Å². The summed E-state index contributed by atoms with van der Waals surface area (Å²) in [4.78, 5) is 11.7. The van der Waals surface area contributed by atoms with Crippen LogP contribution < -0.4 is 0 Å². The van der Waals surface area contributed by atoms with Gasteiger partial charge in [-0.25, -0.2) is 0 Å². The lowest BCUT2D eigenvalue weighted by atomic mass is 9.59. The van der Waals surface area contributed by atoms with Crippen LogP contribution in [0.1, 0.15) is 65.2 Å². The van der Waals surface area contributed by atoms with E-state index in [0.717, 1.165) is 12.3 Å². The monoisotopic (exact) mass is 250 g/mol. The van der Waals surface area contributed by atoms with Gasteiger partial charge in [0.05, 0.1) is 5.92 Å². The second-order valence-electron chi connectivity index (χ2n) is 7.16. The van der Waals surface area contributed by atoms with Gasteiger partial charge in [0.2, 0.25) is 0 Å². The Morgan fingerprint density at radius 3 is 2.61 bits per heavy atom. The van der Waals surface area contributed by atoms with Gasteiger partial charge in [-0.2, -0.15) is 0 Å². The summed E-state index contributed by atoms with van der Waals surface area (Å²) < 4.78 is 5.62.